The number of rotatable bonds is 4. The fourth-order valence-corrected chi connectivity index (χ4v) is 4.16. The minimum atomic E-state index is -2.05. The van der Waals surface area contributed by atoms with Gasteiger partial charge in [-0.1, -0.05) is 23.2 Å². The van der Waals surface area contributed by atoms with E-state index < -0.39 is 35.9 Å². The van der Waals surface area contributed by atoms with Crippen LogP contribution >= 0.6 is 23.2 Å². The molecule has 2 N–H and O–H groups in total. The Kier molecular flexibility index (Phi) is 3.61. The lowest BCUT2D eigenvalue weighted by Crippen LogP contribution is -2.49. The number of imide groups is 1. The van der Waals surface area contributed by atoms with Gasteiger partial charge in [0.25, 0.3) is 5.91 Å². The summed E-state index contributed by atoms with van der Waals surface area (Å²) in [5.74, 6) is -0.837. The fraction of sp³-hybridized carbons (Fsp3) is 0.500. The second kappa shape index (κ2) is 6.13. The molecule has 0 bridgehead atoms. The summed E-state index contributed by atoms with van der Waals surface area (Å²) in [6.45, 7) is -0.319. The molecule has 4 rings (SSSR count). The van der Waals surface area contributed by atoms with E-state index in [1.165, 1.54) is 11.0 Å². The van der Waals surface area contributed by atoms with Crippen molar-refractivity contribution < 1.29 is 17.1 Å². The van der Waals surface area contributed by atoms with Gasteiger partial charge < -0.3 is 10.2 Å². The van der Waals surface area contributed by atoms with Crippen molar-refractivity contribution in [1.29, 1.82) is 0 Å². The third kappa shape index (κ3) is 2.76. The van der Waals surface area contributed by atoms with Crippen LogP contribution in [0, 0.1) is 5.92 Å². The number of urea groups is 1. The summed E-state index contributed by atoms with van der Waals surface area (Å²) in [7, 11) is 0. The zero-order valence-electron chi connectivity index (χ0n) is 16.1. The average molecular weight is 398 g/mol. The van der Waals surface area contributed by atoms with Gasteiger partial charge in [-0.25, -0.2) is 4.79 Å². The van der Waals surface area contributed by atoms with Crippen molar-refractivity contribution in [3.63, 3.8) is 0 Å². The normalized spacial score (nSPS) is 30.4. The van der Waals surface area contributed by atoms with Crippen molar-refractivity contribution in [3.8, 4) is 0 Å². The van der Waals surface area contributed by atoms with Gasteiger partial charge in [0.05, 0.1) is 18.8 Å². The Morgan fingerprint density at radius 1 is 1.35 bits per heavy atom. The topological polar surface area (TPSA) is 78.5 Å². The first-order chi connectivity index (χ1) is 13.1. The molecule has 1 saturated heterocycles. The highest BCUT2D eigenvalue weighted by atomic mass is 35.5. The van der Waals surface area contributed by atoms with Crippen molar-refractivity contribution in [3.05, 3.63) is 33.3 Å². The number of fused-ring (bicyclic) bond motifs is 1. The Morgan fingerprint density at radius 3 is 2.65 bits per heavy atom. The second-order valence-corrected chi connectivity index (χ2v) is 7.87. The molecule has 2 atom stereocenters. The predicted molar refractivity (Wildman–Crippen MR) is 96.8 cm³/mol. The quantitative estimate of drug-likeness (QED) is 0.765. The fourth-order valence-electron chi connectivity index (χ4n) is 3.82. The molecule has 0 aromatic heterocycles. The number of carbonyl (C=O) groups excluding carboxylic acids is 3. The van der Waals surface area contributed by atoms with E-state index >= 15 is 0 Å². The zero-order chi connectivity index (χ0) is 20.4. The Morgan fingerprint density at radius 2 is 2.04 bits per heavy atom. The van der Waals surface area contributed by atoms with Crippen LogP contribution in [0.2, 0.25) is 10.0 Å². The molecule has 1 saturated carbocycles. The summed E-state index contributed by atoms with van der Waals surface area (Å²) in [5.41, 5.74) is -0.162. The Bertz CT molecular complexity index is 906. The number of amides is 4. The maximum Gasteiger partial charge on any atom is 0.322 e. The van der Waals surface area contributed by atoms with Gasteiger partial charge in [-0.15, -0.1) is 0 Å². The van der Waals surface area contributed by atoms with E-state index in [1.807, 2.05) is 0 Å². The summed E-state index contributed by atoms with van der Waals surface area (Å²) in [6.07, 6.45) is 1.69. The molecule has 8 heteroatoms. The number of benzene rings is 1. The number of hydrogen-bond donors (Lipinski definition) is 2. The predicted octanol–water partition coefficient (Wildman–Crippen LogP) is 3.17. The highest BCUT2D eigenvalue weighted by Crippen LogP contribution is 2.44. The van der Waals surface area contributed by atoms with Crippen molar-refractivity contribution >= 4 is 41.0 Å². The van der Waals surface area contributed by atoms with Crippen LogP contribution in [0.5, 0.6) is 0 Å². The van der Waals surface area contributed by atoms with Crippen LogP contribution in [0.25, 0.3) is 0 Å². The van der Waals surface area contributed by atoms with Crippen LogP contribution in [-0.2, 0) is 16.1 Å². The van der Waals surface area contributed by atoms with Crippen LogP contribution in [0.15, 0.2) is 12.1 Å². The minimum absolute atomic E-state index is 0.00863. The van der Waals surface area contributed by atoms with Crippen LogP contribution < -0.4 is 10.6 Å². The third-order valence-electron chi connectivity index (χ3n) is 5.42. The Hall–Kier alpha value is -1.79. The van der Waals surface area contributed by atoms with E-state index in [0.29, 0.717) is 16.1 Å². The molecule has 138 valence electrons. The summed E-state index contributed by atoms with van der Waals surface area (Å²) in [5, 5.41) is 5.47. The number of carbonyl (C=O) groups is 3. The average Bonchev–Trinajstić information content (AvgIpc) is 3.38. The van der Waals surface area contributed by atoms with Gasteiger partial charge in [-0.05, 0) is 55.4 Å². The molecule has 1 aliphatic carbocycles. The molecule has 0 radical (unpaired) electrons. The van der Waals surface area contributed by atoms with Crippen LogP contribution in [0.1, 0.15) is 52.5 Å². The molecule has 2 aliphatic heterocycles. The molecule has 1 aromatic rings. The van der Waals surface area contributed by atoms with E-state index in [1.54, 1.807) is 13.0 Å². The Balaban J connectivity index is 1.57. The third-order valence-corrected chi connectivity index (χ3v) is 6.14. The lowest BCUT2D eigenvalue weighted by Gasteiger charge is -2.28. The van der Waals surface area contributed by atoms with Crippen molar-refractivity contribution in [2.75, 3.05) is 0 Å². The molecule has 4 amide bonds. The van der Waals surface area contributed by atoms with Gasteiger partial charge in [0.2, 0.25) is 5.91 Å². The van der Waals surface area contributed by atoms with Crippen LogP contribution in [-0.4, -0.2) is 28.3 Å². The van der Waals surface area contributed by atoms with E-state index in [0.717, 1.165) is 12.8 Å². The van der Waals surface area contributed by atoms with E-state index in [-0.39, 0.29) is 23.8 Å². The zero-order valence-corrected chi connectivity index (χ0v) is 15.6. The number of hydrogen-bond acceptors (Lipinski definition) is 3. The summed E-state index contributed by atoms with van der Waals surface area (Å²) in [4.78, 5) is 38.2. The van der Waals surface area contributed by atoms with Gasteiger partial charge in [0, 0.05) is 12.9 Å². The van der Waals surface area contributed by atoms with Crippen molar-refractivity contribution in [2.45, 2.75) is 50.7 Å². The summed E-state index contributed by atoms with van der Waals surface area (Å²) >= 11 is 12.1. The lowest BCUT2D eigenvalue weighted by molar-refractivity contribution is -0.134. The monoisotopic (exact) mass is 397 g/mol. The van der Waals surface area contributed by atoms with Crippen LogP contribution in [0.3, 0.4) is 0 Å². The molecule has 0 unspecified atom stereocenters. The smallest absolute Gasteiger partial charge is 0.322 e. The number of halogens is 2. The minimum Gasteiger partial charge on any atom is -0.332 e. The molecular formula is C18H19Cl2N3O3. The lowest BCUT2D eigenvalue weighted by atomic mass is 9.87. The molecule has 1 aromatic carbocycles. The highest BCUT2D eigenvalue weighted by molar-refractivity contribution is 6.42. The highest BCUT2D eigenvalue weighted by Gasteiger charge is 2.55. The maximum absolute atomic E-state index is 13.0. The van der Waals surface area contributed by atoms with Gasteiger partial charge in [-0.2, -0.15) is 0 Å². The number of nitrogens with zero attached hydrogens (tertiary/aromatic N) is 1. The second-order valence-electron chi connectivity index (χ2n) is 7.06. The van der Waals surface area contributed by atoms with Crippen LogP contribution in [0.4, 0.5) is 4.79 Å². The summed E-state index contributed by atoms with van der Waals surface area (Å²) < 4.78 is 17.0. The van der Waals surface area contributed by atoms with E-state index in [2.05, 4.69) is 10.6 Å². The molecule has 2 heterocycles. The van der Waals surface area contributed by atoms with Gasteiger partial charge in [0.1, 0.15) is 5.54 Å². The first-order valence-corrected chi connectivity index (χ1v) is 9.28. The molecular weight excluding hydrogens is 377 g/mol. The maximum atomic E-state index is 13.0. The molecule has 26 heavy (non-hydrogen) atoms. The SMILES string of the molecule is [2H]C1([2H])c2cc(Cl)c(Cl)cc2[C@@H](C)N1C(=O)CC[C@@]1(C2CC2)NC(=O)NC1=O. The first kappa shape index (κ1) is 15.3. The molecule has 2 fully saturated rings. The standard InChI is InChI=1S/C18H19Cl2N3O3/c1-9-12-7-14(20)13(19)6-10(12)8-23(9)15(24)4-5-18(11-2-3-11)16(25)21-17(26)22-18/h6-7,9,11H,2-5,8H2,1H3,(H2,21,22,25,26)/t9-,18+/m1/s1/i8D2. The number of nitrogens with one attached hydrogen (secondary N) is 2. The Labute approximate surface area is 164 Å². The van der Waals surface area contributed by atoms with E-state index in [4.69, 9.17) is 25.9 Å². The first-order valence-electron chi connectivity index (χ1n) is 9.53. The molecule has 0 spiro atoms. The van der Waals surface area contributed by atoms with Gasteiger partial charge in [-0.3, -0.25) is 14.9 Å². The molecule has 6 nitrogen and oxygen atoms in total. The largest absolute Gasteiger partial charge is 0.332 e. The summed E-state index contributed by atoms with van der Waals surface area (Å²) in [6, 6.07) is 1.96. The van der Waals surface area contributed by atoms with Gasteiger partial charge in [0.15, 0.2) is 0 Å². The van der Waals surface area contributed by atoms with E-state index in [9.17, 15) is 14.4 Å². The van der Waals surface area contributed by atoms with Crippen molar-refractivity contribution in [2.24, 2.45) is 5.92 Å². The van der Waals surface area contributed by atoms with Gasteiger partial charge >= 0.3 is 6.03 Å². The van der Waals surface area contributed by atoms with Crippen molar-refractivity contribution in [1.82, 2.24) is 15.5 Å². The molecule has 3 aliphatic rings.